The number of nitrogen functional groups attached to an aromatic ring is 1. The number of ether oxygens (including phenoxy) is 1. The van der Waals surface area contributed by atoms with Crippen molar-refractivity contribution in [3.05, 3.63) is 42.2 Å². The Morgan fingerprint density at radius 1 is 1.06 bits per heavy atom. The highest BCUT2D eigenvalue weighted by molar-refractivity contribution is 5.82. The summed E-state index contributed by atoms with van der Waals surface area (Å²) in [4.78, 5) is 28.6. The fourth-order valence-corrected chi connectivity index (χ4v) is 4.65. The molecule has 0 spiro atoms. The minimum absolute atomic E-state index is 0.283. The van der Waals surface area contributed by atoms with E-state index in [1.807, 2.05) is 39.0 Å². The van der Waals surface area contributed by atoms with Crippen LogP contribution in [-0.2, 0) is 4.74 Å². The third-order valence-corrected chi connectivity index (χ3v) is 6.37. The molecule has 1 saturated heterocycles. The van der Waals surface area contributed by atoms with Crippen molar-refractivity contribution in [1.29, 1.82) is 0 Å². The molecule has 0 atom stereocenters. The Balaban J connectivity index is 1.52. The number of rotatable bonds is 3. The second-order valence-electron chi connectivity index (χ2n) is 10.1. The molecular weight excluding hydrogens is 442 g/mol. The average Bonchev–Trinajstić information content (AvgIpc) is 3.22. The number of amides is 1. The predicted octanol–water partition coefficient (Wildman–Crippen LogP) is 4.22. The number of carbonyl (C=O) groups excluding carboxylic acids is 1. The maximum atomic E-state index is 12.6. The van der Waals surface area contributed by atoms with Gasteiger partial charge in [0.25, 0.3) is 0 Å². The molecule has 1 aliphatic heterocycles. The summed E-state index contributed by atoms with van der Waals surface area (Å²) in [6.45, 7) is 7.97. The van der Waals surface area contributed by atoms with Gasteiger partial charge in [0.2, 0.25) is 0 Å². The molecule has 9 heteroatoms. The van der Waals surface area contributed by atoms with Crippen molar-refractivity contribution in [3.63, 3.8) is 0 Å². The number of hydrogen-bond donors (Lipinski definition) is 1. The molecule has 0 bridgehead atoms. The third-order valence-electron chi connectivity index (χ3n) is 6.37. The molecular formula is C26H33N7O2. The Morgan fingerprint density at radius 3 is 2.54 bits per heavy atom. The van der Waals surface area contributed by atoms with Crippen LogP contribution in [0.25, 0.3) is 28.1 Å². The number of imidazole rings is 1. The summed E-state index contributed by atoms with van der Waals surface area (Å²) in [5, 5.41) is 2.18. The Labute approximate surface area is 205 Å². The lowest BCUT2D eigenvalue weighted by Gasteiger charge is -2.37. The molecule has 1 fully saturated rings. The lowest BCUT2D eigenvalue weighted by molar-refractivity contribution is 0.0233. The Morgan fingerprint density at radius 2 is 1.86 bits per heavy atom. The molecule has 35 heavy (non-hydrogen) atoms. The summed E-state index contributed by atoms with van der Waals surface area (Å²) in [7, 11) is 0. The number of allylic oxidation sites excluding steroid dienone is 2. The molecule has 0 unspecified atom stereocenters. The Bertz CT molecular complexity index is 1270. The van der Waals surface area contributed by atoms with Crippen molar-refractivity contribution < 1.29 is 9.53 Å². The number of hydrogen-bond acceptors (Lipinski definition) is 7. The van der Waals surface area contributed by atoms with Gasteiger partial charge < -0.3 is 20.4 Å². The predicted molar refractivity (Wildman–Crippen MR) is 137 cm³/mol. The van der Waals surface area contributed by atoms with E-state index in [4.69, 9.17) is 20.4 Å². The van der Waals surface area contributed by atoms with Gasteiger partial charge in [-0.15, -0.1) is 0 Å². The fourth-order valence-electron chi connectivity index (χ4n) is 4.65. The van der Waals surface area contributed by atoms with Gasteiger partial charge in [0, 0.05) is 19.3 Å². The number of pyridine rings is 2. The maximum Gasteiger partial charge on any atom is 0.410 e. The van der Waals surface area contributed by atoms with Gasteiger partial charge in [-0.2, -0.15) is 0 Å². The monoisotopic (exact) mass is 475 g/mol. The number of nitrogens with zero attached hydrogens (tertiary/aromatic N) is 6. The molecule has 2 N–H and O–H groups in total. The first-order valence-electron chi connectivity index (χ1n) is 12.3. The van der Waals surface area contributed by atoms with Gasteiger partial charge in [-0.1, -0.05) is 6.08 Å². The first kappa shape index (κ1) is 23.1. The van der Waals surface area contributed by atoms with Gasteiger partial charge in [0.05, 0.1) is 24.3 Å². The second kappa shape index (κ2) is 9.20. The summed E-state index contributed by atoms with van der Waals surface area (Å²) in [6.07, 6.45) is 8.26. The minimum atomic E-state index is -0.520. The first-order valence-corrected chi connectivity index (χ1v) is 12.3. The van der Waals surface area contributed by atoms with Crippen LogP contribution < -0.4 is 10.7 Å². The highest BCUT2D eigenvalue weighted by Crippen LogP contribution is 2.31. The van der Waals surface area contributed by atoms with Crippen LogP contribution in [0.15, 0.2) is 36.5 Å². The van der Waals surface area contributed by atoms with Crippen LogP contribution in [0.3, 0.4) is 0 Å². The fraction of sp³-hybridized carbons (Fsp3) is 0.462. The quantitative estimate of drug-likeness (QED) is 0.605. The van der Waals surface area contributed by atoms with Crippen LogP contribution in [0.2, 0.25) is 0 Å². The number of carbonyl (C=O) groups is 1. The van der Waals surface area contributed by atoms with Crippen LogP contribution in [-0.4, -0.2) is 62.4 Å². The van der Waals surface area contributed by atoms with Crippen molar-refractivity contribution in [2.24, 2.45) is 0 Å². The van der Waals surface area contributed by atoms with Crippen molar-refractivity contribution >= 4 is 28.6 Å². The van der Waals surface area contributed by atoms with Crippen LogP contribution >= 0.6 is 0 Å². The van der Waals surface area contributed by atoms with E-state index in [0.717, 1.165) is 35.3 Å². The zero-order chi connectivity index (χ0) is 24.6. The number of fused-ring (bicyclic) bond motifs is 1. The number of aromatic nitrogens is 4. The van der Waals surface area contributed by atoms with Crippen LogP contribution in [0.1, 0.15) is 52.1 Å². The molecule has 3 aromatic rings. The summed E-state index contributed by atoms with van der Waals surface area (Å²) in [6, 6.07) is 7.90. The molecule has 184 valence electrons. The van der Waals surface area contributed by atoms with Gasteiger partial charge >= 0.3 is 6.09 Å². The van der Waals surface area contributed by atoms with E-state index >= 15 is 0 Å². The van der Waals surface area contributed by atoms with E-state index in [1.54, 1.807) is 11.1 Å². The van der Waals surface area contributed by atoms with E-state index < -0.39 is 5.60 Å². The van der Waals surface area contributed by atoms with Gasteiger partial charge in [-0.05, 0) is 76.3 Å². The maximum absolute atomic E-state index is 12.6. The molecule has 3 aromatic heterocycles. The molecule has 0 aromatic carbocycles. The molecule has 1 amide bonds. The van der Waals surface area contributed by atoms with E-state index in [2.05, 4.69) is 26.8 Å². The molecule has 1 aliphatic carbocycles. The first-order chi connectivity index (χ1) is 16.8. The summed E-state index contributed by atoms with van der Waals surface area (Å²) >= 11 is 0. The van der Waals surface area contributed by atoms with Crippen LogP contribution in [0, 0.1) is 0 Å². The zero-order valence-corrected chi connectivity index (χ0v) is 20.7. The van der Waals surface area contributed by atoms with Gasteiger partial charge in [0.15, 0.2) is 11.5 Å². The SMILES string of the molecule is CC(C)(C)OC(=O)N1CCN(n2c(-c3cccnc3N)nc3ccc(C4=CCCCC4)nc32)CC1. The molecule has 9 nitrogen and oxygen atoms in total. The molecule has 0 saturated carbocycles. The highest BCUT2D eigenvalue weighted by atomic mass is 16.6. The van der Waals surface area contributed by atoms with Crippen molar-refractivity contribution in [2.45, 2.75) is 52.1 Å². The smallest absolute Gasteiger partial charge is 0.410 e. The minimum Gasteiger partial charge on any atom is -0.444 e. The van der Waals surface area contributed by atoms with E-state index in [-0.39, 0.29) is 6.09 Å². The molecule has 4 heterocycles. The highest BCUT2D eigenvalue weighted by Gasteiger charge is 2.29. The summed E-state index contributed by atoms with van der Waals surface area (Å²) in [5.41, 5.74) is 10.4. The van der Waals surface area contributed by atoms with E-state index in [1.165, 1.54) is 18.4 Å². The van der Waals surface area contributed by atoms with E-state index in [0.29, 0.717) is 37.8 Å². The van der Waals surface area contributed by atoms with Crippen molar-refractivity contribution in [1.82, 2.24) is 24.5 Å². The Kier molecular flexibility index (Phi) is 6.08. The van der Waals surface area contributed by atoms with Crippen molar-refractivity contribution in [2.75, 3.05) is 36.9 Å². The summed E-state index contributed by atoms with van der Waals surface area (Å²) < 4.78 is 7.63. The normalized spacial score (nSPS) is 16.9. The number of nitrogens with two attached hydrogens (primary N) is 1. The average molecular weight is 476 g/mol. The van der Waals surface area contributed by atoms with Gasteiger partial charge in [-0.3, -0.25) is 0 Å². The second-order valence-corrected chi connectivity index (χ2v) is 10.1. The van der Waals surface area contributed by atoms with Gasteiger partial charge in [-0.25, -0.2) is 24.4 Å². The third kappa shape index (κ3) is 4.80. The Hall–Kier alpha value is -3.62. The molecule has 2 aliphatic rings. The zero-order valence-electron chi connectivity index (χ0n) is 20.7. The number of anilines is 1. The van der Waals surface area contributed by atoms with Crippen LogP contribution in [0.4, 0.5) is 10.6 Å². The molecule has 5 rings (SSSR count). The lowest BCUT2D eigenvalue weighted by Crippen LogP contribution is -2.53. The van der Waals surface area contributed by atoms with Gasteiger partial charge in [0.1, 0.15) is 16.9 Å². The number of piperazine rings is 1. The van der Waals surface area contributed by atoms with Crippen LogP contribution in [0.5, 0.6) is 0 Å². The summed E-state index contributed by atoms with van der Waals surface area (Å²) in [5.74, 6) is 1.13. The molecule has 0 radical (unpaired) electrons. The van der Waals surface area contributed by atoms with Crippen molar-refractivity contribution in [3.8, 4) is 11.4 Å². The largest absolute Gasteiger partial charge is 0.444 e. The standard InChI is InChI=1S/C26H33N7O2/c1-26(2,3)35-25(34)31-14-16-32(17-15-31)33-23(19-10-7-13-28-22(19)27)30-21-12-11-20(29-24(21)33)18-8-5-4-6-9-18/h7-8,10-13H,4-6,9,14-17H2,1-3H3,(H2,27,28). The topological polar surface area (TPSA) is 102 Å². The lowest BCUT2D eigenvalue weighted by atomic mass is 9.97. The van der Waals surface area contributed by atoms with E-state index in [9.17, 15) is 4.79 Å².